The molecule has 2 nitrogen and oxygen atoms in total. The van der Waals surface area contributed by atoms with Crippen LogP contribution >= 0.6 is 11.6 Å². The van der Waals surface area contributed by atoms with E-state index in [1.165, 1.54) is 11.1 Å². The molecule has 0 spiro atoms. The first-order valence-electron chi connectivity index (χ1n) is 7.21. The maximum Gasteiger partial charge on any atom is 0.122 e. The van der Waals surface area contributed by atoms with Gasteiger partial charge in [0, 0.05) is 17.1 Å². The van der Waals surface area contributed by atoms with Gasteiger partial charge in [0.25, 0.3) is 0 Å². The van der Waals surface area contributed by atoms with Crippen molar-refractivity contribution in [1.82, 2.24) is 5.32 Å². The van der Waals surface area contributed by atoms with Gasteiger partial charge in [0.15, 0.2) is 0 Å². The minimum Gasteiger partial charge on any atom is -0.496 e. The molecule has 1 N–H and O–H groups in total. The first-order valence-corrected chi connectivity index (χ1v) is 7.59. The van der Waals surface area contributed by atoms with Crippen LogP contribution in [0.15, 0.2) is 30.3 Å². The molecule has 0 aliphatic heterocycles. The third-order valence-corrected chi connectivity index (χ3v) is 3.96. The maximum atomic E-state index is 6.48. The lowest BCUT2D eigenvalue weighted by Crippen LogP contribution is -2.11. The van der Waals surface area contributed by atoms with Crippen molar-refractivity contribution in [1.29, 1.82) is 0 Å². The van der Waals surface area contributed by atoms with Gasteiger partial charge in [0.05, 0.1) is 7.11 Å². The third-order valence-electron chi connectivity index (χ3n) is 3.64. The standard InChI is InChI=1S/C18H22ClNO/c1-5-20-11-14-6-7-15(17(19)10-14)16-8-13(3)18(21-4)9-12(16)2/h6-10,20H,5,11H2,1-4H3. The highest BCUT2D eigenvalue weighted by Gasteiger charge is 2.10. The Morgan fingerprint density at radius 3 is 2.43 bits per heavy atom. The summed E-state index contributed by atoms with van der Waals surface area (Å²) < 4.78 is 5.37. The van der Waals surface area contributed by atoms with Crippen molar-refractivity contribution in [2.45, 2.75) is 27.3 Å². The van der Waals surface area contributed by atoms with E-state index in [-0.39, 0.29) is 0 Å². The molecular weight excluding hydrogens is 282 g/mol. The zero-order chi connectivity index (χ0) is 15.4. The van der Waals surface area contributed by atoms with E-state index in [0.717, 1.165) is 40.6 Å². The Morgan fingerprint density at radius 1 is 1.05 bits per heavy atom. The van der Waals surface area contributed by atoms with Crippen LogP contribution in [-0.2, 0) is 6.54 Å². The van der Waals surface area contributed by atoms with E-state index < -0.39 is 0 Å². The Hall–Kier alpha value is -1.51. The predicted octanol–water partition coefficient (Wildman–Crippen LogP) is 4.74. The number of ether oxygens (including phenoxy) is 1. The quantitative estimate of drug-likeness (QED) is 0.861. The normalized spacial score (nSPS) is 10.7. The zero-order valence-electron chi connectivity index (χ0n) is 13.1. The molecule has 0 aliphatic rings. The highest BCUT2D eigenvalue weighted by molar-refractivity contribution is 6.33. The second-order valence-corrected chi connectivity index (χ2v) is 5.64. The average Bonchev–Trinajstić information content (AvgIpc) is 2.47. The highest BCUT2D eigenvalue weighted by atomic mass is 35.5. The summed E-state index contributed by atoms with van der Waals surface area (Å²) in [6.07, 6.45) is 0. The van der Waals surface area contributed by atoms with Crippen LogP contribution in [0, 0.1) is 13.8 Å². The first kappa shape index (κ1) is 15.9. The van der Waals surface area contributed by atoms with Crippen LogP contribution in [-0.4, -0.2) is 13.7 Å². The third kappa shape index (κ3) is 3.58. The Labute approximate surface area is 132 Å². The largest absolute Gasteiger partial charge is 0.496 e. The molecule has 21 heavy (non-hydrogen) atoms. The SMILES string of the molecule is CCNCc1ccc(-c2cc(C)c(OC)cc2C)c(Cl)c1. The monoisotopic (exact) mass is 303 g/mol. The summed E-state index contributed by atoms with van der Waals surface area (Å²) in [7, 11) is 1.70. The molecule has 0 heterocycles. The van der Waals surface area contributed by atoms with Crippen LogP contribution in [0.3, 0.4) is 0 Å². The van der Waals surface area contributed by atoms with Crippen LogP contribution < -0.4 is 10.1 Å². The van der Waals surface area contributed by atoms with Gasteiger partial charge in [-0.05, 0) is 60.8 Å². The molecule has 0 bridgehead atoms. The molecule has 3 heteroatoms. The van der Waals surface area contributed by atoms with Crippen molar-refractivity contribution in [3.8, 4) is 16.9 Å². The maximum absolute atomic E-state index is 6.48. The molecule has 0 atom stereocenters. The van der Waals surface area contributed by atoms with Crippen molar-refractivity contribution >= 4 is 11.6 Å². The molecule has 0 fully saturated rings. The van der Waals surface area contributed by atoms with E-state index >= 15 is 0 Å². The fourth-order valence-electron chi connectivity index (χ4n) is 2.46. The molecule has 0 saturated carbocycles. The number of rotatable bonds is 5. The zero-order valence-corrected chi connectivity index (χ0v) is 13.8. The van der Waals surface area contributed by atoms with Gasteiger partial charge in [-0.15, -0.1) is 0 Å². The Balaban J connectivity index is 2.40. The number of nitrogens with one attached hydrogen (secondary N) is 1. The smallest absolute Gasteiger partial charge is 0.122 e. The van der Waals surface area contributed by atoms with Gasteiger partial charge in [0.2, 0.25) is 0 Å². The number of hydrogen-bond acceptors (Lipinski definition) is 2. The van der Waals surface area contributed by atoms with Gasteiger partial charge < -0.3 is 10.1 Å². The predicted molar refractivity (Wildman–Crippen MR) is 90.3 cm³/mol. The summed E-state index contributed by atoms with van der Waals surface area (Å²) in [5, 5.41) is 4.10. The summed E-state index contributed by atoms with van der Waals surface area (Å²) in [4.78, 5) is 0. The number of benzene rings is 2. The van der Waals surface area contributed by atoms with Gasteiger partial charge in [-0.1, -0.05) is 30.7 Å². The van der Waals surface area contributed by atoms with Gasteiger partial charge in [-0.3, -0.25) is 0 Å². The average molecular weight is 304 g/mol. The molecule has 0 aliphatic carbocycles. The van der Waals surface area contributed by atoms with Gasteiger partial charge in [0.1, 0.15) is 5.75 Å². The summed E-state index contributed by atoms with van der Waals surface area (Å²) >= 11 is 6.48. The number of aryl methyl sites for hydroxylation is 2. The van der Waals surface area contributed by atoms with E-state index in [0.29, 0.717) is 0 Å². The van der Waals surface area contributed by atoms with Crippen molar-refractivity contribution in [2.24, 2.45) is 0 Å². The number of hydrogen-bond donors (Lipinski definition) is 1. The molecule has 2 rings (SSSR count). The van der Waals surface area contributed by atoms with Gasteiger partial charge in [-0.2, -0.15) is 0 Å². The van der Waals surface area contributed by atoms with Crippen LogP contribution in [0.4, 0.5) is 0 Å². The van der Waals surface area contributed by atoms with Gasteiger partial charge in [-0.25, -0.2) is 0 Å². The van der Waals surface area contributed by atoms with E-state index in [1.54, 1.807) is 7.11 Å². The van der Waals surface area contributed by atoms with E-state index in [1.807, 2.05) is 6.07 Å². The summed E-state index contributed by atoms with van der Waals surface area (Å²) in [6.45, 7) is 8.03. The van der Waals surface area contributed by atoms with Gasteiger partial charge >= 0.3 is 0 Å². The lowest BCUT2D eigenvalue weighted by Gasteiger charge is -2.13. The van der Waals surface area contributed by atoms with Crippen molar-refractivity contribution in [3.05, 3.63) is 52.0 Å². The highest BCUT2D eigenvalue weighted by Crippen LogP contribution is 2.34. The lowest BCUT2D eigenvalue weighted by atomic mass is 9.97. The first-order chi connectivity index (χ1) is 10.1. The van der Waals surface area contributed by atoms with E-state index in [2.05, 4.69) is 50.4 Å². The van der Waals surface area contributed by atoms with Crippen molar-refractivity contribution in [2.75, 3.05) is 13.7 Å². The fourth-order valence-corrected chi connectivity index (χ4v) is 2.76. The minimum absolute atomic E-state index is 0.790. The fraction of sp³-hybridized carbons (Fsp3) is 0.333. The van der Waals surface area contributed by atoms with Crippen LogP contribution in [0.5, 0.6) is 5.75 Å². The summed E-state index contributed by atoms with van der Waals surface area (Å²) in [5.41, 5.74) is 5.71. The topological polar surface area (TPSA) is 21.3 Å². The molecule has 0 radical (unpaired) electrons. The molecular formula is C18H22ClNO. The molecule has 0 saturated heterocycles. The van der Waals surface area contributed by atoms with Crippen molar-refractivity contribution < 1.29 is 4.74 Å². The molecule has 0 amide bonds. The molecule has 0 unspecified atom stereocenters. The summed E-state index contributed by atoms with van der Waals surface area (Å²) in [5.74, 6) is 0.913. The second-order valence-electron chi connectivity index (χ2n) is 5.23. The Bertz CT molecular complexity index is 637. The van der Waals surface area contributed by atoms with E-state index in [9.17, 15) is 0 Å². The molecule has 112 valence electrons. The van der Waals surface area contributed by atoms with Crippen LogP contribution in [0.2, 0.25) is 5.02 Å². The second kappa shape index (κ2) is 6.97. The molecule has 2 aromatic rings. The van der Waals surface area contributed by atoms with Crippen LogP contribution in [0.25, 0.3) is 11.1 Å². The van der Waals surface area contributed by atoms with Crippen molar-refractivity contribution in [3.63, 3.8) is 0 Å². The van der Waals surface area contributed by atoms with E-state index in [4.69, 9.17) is 16.3 Å². The van der Waals surface area contributed by atoms with Crippen LogP contribution in [0.1, 0.15) is 23.6 Å². The minimum atomic E-state index is 0.790. The number of methoxy groups -OCH3 is 1. The Morgan fingerprint density at radius 2 is 1.81 bits per heavy atom. The molecule has 2 aromatic carbocycles. The molecule has 0 aromatic heterocycles. The summed E-state index contributed by atoms with van der Waals surface area (Å²) in [6, 6.07) is 10.5. The Kier molecular flexibility index (Phi) is 5.27. The number of halogens is 1. The lowest BCUT2D eigenvalue weighted by molar-refractivity contribution is 0.411.